The van der Waals surface area contributed by atoms with Crippen LogP contribution in [0.4, 0.5) is 0 Å². The number of rotatable bonds is 4. The highest BCUT2D eigenvalue weighted by Gasteiger charge is 2.31. The molecule has 2 aromatic rings. The summed E-state index contributed by atoms with van der Waals surface area (Å²) in [6.07, 6.45) is 1.35. The molecule has 2 heterocycles. The first kappa shape index (κ1) is 16.7. The number of para-hydroxylation sites is 1. The van der Waals surface area contributed by atoms with Crippen LogP contribution in [0.5, 0.6) is 0 Å². The van der Waals surface area contributed by atoms with Gasteiger partial charge in [0.05, 0.1) is 25.1 Å². The Kier molecular flexibility index (Phi) is 4.97. The summed E-state index contributed by atoms with van der Waals surface area (Å²) in [6, 6.07) is 10.2. The van der Waals surface area contributed by atoms with Crippen LogP contribution in [0.3, 0.4) is 0 Å². The van der Waals surface area contributed by atoms with Crippen LogP contribution in [-0.2, 0) is 20.8 Å². The summed E-state index contributed by atoms with van der Waals surface area (Å²) < 4.78 is 12.7. The SMILES string of the molecule is COC(=O)C1CN(Cc2cnc(C)n2-c2ccccc2)C[C@@H](C)O1. The molecule has 2 atom stereocenters. The molecule has 128 valence electrons. The lowest BCUT2D eigenvalue weighted by molar-refractivity contribution is -0.166. The van der Waals surface area contributed by atoms with Crippen molar-refractivity contribution < 1.29 is 14.3 Å². The number of morpholine rings is 1. The van der Waals surface area contributed by atoms with Crippen molar-refractivity contribution in [1.29, 1.82) is 0 Å². The van der Waals surface area contributed by atoms with E-state index in [1.807, 2.05) is 38.2 Å². The first-order valence-electron chi connectivity index (χ1n) is 8.12. The van der Waals surface area contributed by atoms with Gasteiger partial charge in [-0.2, -0.15) is 0 Å². The van der Waals surface area contributed by atoms with Crippen molar-refractivity contribution in [2.45, 2.75) is 32.6 Å². The van der Waals surface area contributed by atoms with Crippen molar-refractivity contribution in [2.75, 3.05) is 20.2 Å². The molecule has 1 fully saturated rings. The number of carbonyl (C=O) groups excluding carboxylic acids is 1. The summed E-state index contributed by atoms with van der Waals surface area (Å²) in [6.45, 7) is 5.97. The molecule has 3 rings (SSSR count). The number of esters is 1. The number of aromatic nitrogens is 2. The van der Waals surface area contributed by atoms with E-state index in [-0.39, 0.29) is 12.1 Å². The van der Waals surface area contributed by atoms with Gasteiger partial charge in [0.1, 0.15) is 5.82 Å². The molecule has 0 N–H and O–H groups in total. The fourth-order valence-corrected chi connectivity index (χ4v) is 3.19. The summed E-state index contributed by atoms with van der Waals surface area (Å²) in [5.41, 5.74) is 2.18. The van der Waals surface area contributed by atoms with Gasteiger partial charge in [0.25, 0.3) is 0 Å². The molecule has 1 aliphatic heterocycles. The van der Waals surface area contributed by atoms with Crippen LogP contribution in [0.15, 0.2) is 36.5 Å². The number of aryl methyl sites for hydroxylation is 1. The maximum atomic E-state index is 11.8. The average Bonchev–Trinajstić information content (AvgIpc) is 2.94. The van der Waals surface area contributed by atoms with Gasteiger partial charge >= 0.3 is 5.97 Å². The quantitative estimate of drug-likeness (QED) is 0.803. The monoisotopic (exact) mass is 329 g/mol. The minimum atomic E-state index is -0.534. The summed E-state index contributed by atoms with van der Waals surface area (Å²) >= 11 is 0. The lowest BCUT2D eigenvalue weighted by atomic mass is 10.2. The molecule has 1 saturated heterocycles. The molecule has 6 heteroatoms. The largest absolute Gasteiger partial charge is 0.467 e. The van der Waals surface area contributed by atoms with E-state index in [2.05, 4.69) is 26.6 Å². The zero-order chi connectivity index (χ0) is 17.1. The van der Waals surface area contributed by atoms with E-state index in [9.17, 15) is 4.79 Å². The van der Waals surface area contributed by atoms with E-state index in [1.54, 1.807) is 0 Å². The fraction of sp³-hybridized carbons (Fsp3) is 0.444. The lowest BCUT2D eigenvalue weighted by Gasteiger charge is -2.35. The first-order valence-corrected chi connectivity index (χ1v) is 8.12. The van der Waals surface area contributed by atoms with Crippen LogP contribution in [0, 0.1) is 6.92 Å². The second kappa shape index (κ2) is 7.15. The maximum absolute atomic E-state index is 11.8. The molecule has 0 radical (unpaired) electrons. The highest BCUT2D eigenvalue weighted by molar-refractivity contribution is 5.75. The topological polar surface area (TPSA) is 56.6 Å². The van der Waals surface area contributed by atoms with Crippen LogP contribution in [-0.4, -0.2) is 52.8 Å². The van der Waals surface area contributed by atoms with Gasteiger partial charge in [-0.05, 0) is 26.0 Å². The smallest absolute Gasteiger partial charge is 0.336 e. The van der Waals surface area contributed by atoms with Gasteiger partial charge in [-0.25, -0.2) is 9.78 Å². The molecular weight excluding hydrogens is 306 g/mol. The van der Waals surface area contributed by atoms with E-state index in [0.717, 1.165) is 23.8 Å². The molecule has 1 unspecified atom stereocenters. The van der Waals surface area contributed by atoms with Crippen molar-refractivity contribution >= 4 is 5.97 Å². The lowest BCUT2D eigenvalue weighted by Crippen LogP contribution is -2.49. The Morgan fingerprint density at radius 3 is 2.79 bits per heavy atom. The maximum Gasteiger partial charge on any atom is 0.336 e. The normalized spacial score (nSPS) is 21.6. The van der Waals surface area contributed by atoms with Crippen molar-refractivity contribution in [1.82, 2.24) is 14.5 Å². The summed E-state index contributed by atoms with van der Waals surface area (Å²) in [4.78, 5) is 18.5. The molecule has 0 aliphatic carbocycles. The summed E-state index contributed by atoms with van der Waals surface area (Å²) in [5, 5.41) is 0. The second-order valence-corrected chi connectivity index (χ2v) is 6.12. The number of nitrogens with zero attached hydrogens (tertiary/aromatic N) is 3. The van der Waals surface area contributed by atoms with Gasteiger partial charge in [-0.15, -0.1) is 0 Å². The highest BCUT2D eigenvalue weighted by atomic mass is 16.6. The van der Waals surface area contributed by atoms with Crippen molar-refractivity contribution in [3.05, 3.63) is 48.0 Å². The van der Waals surface area contributed by atoms with Crippen molar-refractivity contribution in [3.8, 4) is 5.69 Å². The minimum Gasteiger partial charge on any atom is -0.467 e. The molecule has 0 amide bonds. The predicted octanol–water partition coefficient (Wildman–Crippen LogP) is 1.94. The Labute approximate surface area is 142 Å². The van der Waals surface area contributed by atoms with E-state index in [0.29, 0.717) is 13.1 Å². The third-order valence-corrected chi connectivity index (χ3v) is 4.21. The van der Waals surface area contributed by atoms with Crippen LogP contribution >= 0.6 is 0 Å². The van der Waals surface area contributed by atoms with Crippen LogP contribution in [0.25, 0.3) is 5.69 Å². The molecule has 1 aromatic carbocycles. The van der Waals surface area contributed by atoms with E-state index < -0.39 is 6.10 Å². The first-order chi connectivity index (χ1) is 11.6. The number of benzene rings is 1. The third-order valence-electron chi connectivity index (χ3n) is 4.21. The van der Waals surface area contributed by atoms with Crippen LogP contribution < -0.4 is 0 Å². The number of hydrogen-bond acceptors (Lipinski definition) is 5. The fourth-order valence-electron chi connectivity index (χ4n) is 3.19. The average molecular weight is 329 g/mol. The molecule has 1 aromatic heterocycles. The Hall–Kier alpha value is -2.18. The predicted molar refractivity (Wildman–Crippen MR) is 89.9 cm³/mol. The Morgan fingerprint density at radius 2 is 2.08 bits per heavy atom. The third kappa shape index (κ3) is 3.49. The molecular formula is C18H23N3O3. The van der Waals surface area contributed by atoms with Gasteiger partial charge in [0.15, 0.2) is 6.10 Å². The summed E-state index contributed by atoms with van der Waals surface area (Å²) in [5.74, 6) is 0.626. The number of hydrogen-bond donors (Lipinski definition) is 0. The Morgan fingerprint density at radius 1 is 1.33 bits per heavy atom. The standard InChI is InChI=1S/C18H23N3O3/c1-13-10-20(12-17(24-13)18(22)23-3)11-16-9-19-14(2)21(16)15-7-5-4-6-8-15/h4-9,13,17H,10-12H2,1-3H3/t13-,17?/m1/s1. The Bertz CT molecular complexity index is 699. The van der Waals surface area contributed by atoms with E-state index in [1.165, 1.54) is 7.11 Å². The molecule has 0 bridgehead atoms. The second-order valence-electron chi connectivity index (χ2n) is 6.12. The van der Waals surface area contributed by atoms with Crippen LogP contribution in [0.2, 0.25) is 0 Å². The molecule has 1 aliphatic rings. The van der Waals surface area contributed by atoms with Crippen LogP contribution in [0.1, 0.15) is 18.4 Å². The number of ether oxygens (including phenoxy) is 2. The van der Waals surface area contributed by atoms with Gasteiger partial charge in [0, 0.05) is 25.3 Å². The number of imidazole rings is 1. The van der Waals surface area contributed by atoms with Gasteiger partial charge in [0.2, 0.25) is 0 Å². The highest BCUT2D eigenvalue weighted by Crippen LogP contribution is 2.19. The number of methoxy groups -OCH3 is 1. The van der Waals surface area contributed by atoms with E-state index >= 15 is 0 Å². The molecule has 24 heavy (non-hydrogen) atoms. The summed E-state index contributed by atoms with van der Waals surface area (Å²) in [7, 11) is 1.39. The minimum absolute atomic E-state index is 0.0166. The van der Waals surface area contributed by atoms with Crippen molar-refractivity contribution in [3.63, 3.8) is 0 Å². The number of carbonyl (C=O) groups is 1. The van der Waals surface area contributed by atoms with E-state index in [4.69, 9.17) is 9.47 Å². The van der Waals surface area contributed by atoms with Gasteiger partial charge in [-0.1, -0.05) is 18.2 Å². The molecule has 0 spiro atoms. The van der Waals surface area contributed by atoms with Crippen molar-refractivity contribution in [2.24, 2.45) is 0 Å². The van der Waals surface area contributed by atoms with Gasteiger partial charge < -0.3 is 9.47 Å². The zero-order valence-corrected chi connectivity index (χ0v) is 14.3. The zero-order valence-electron chi connectivity index (χ0n) is 14.3. The molecule has 0 saturated carbocycles. The Balaban J connectivity index is 1.80. The molecule has 6 nitrogen and oxygen atoms in total. The van der Waals surface area contributed by atoms with Gasteiger partial charge in [-0.3, -0.25) is 9.47 Å².